The SMILES string of the molecule is CCN(C(=O)/C=C/c1ccc(C(=O)NC)cc1)C1CCCC1. The third-order valence-electron chi connectivity index (χ3n) is 4.21. The Morgan fingerprint density at radius 1 is 1.23 bits per heavy atom. The van der Waals surface area contributed by atoms with Crippen molar-refractivity contribution in [2.75, 3.05) is 13.6 Å². The number of nitrogens with one attached hydrogen (secondary N) is 1. The number of hydrogen-bond donors (Lipinski definition) is 1. The third kappa shape index (κ3) is 3.97. The lowest BCUT2D eigenvalue weighted by Crippen LogP contribution is -2.37. The number of rotatable bonds is 5. The molecule has 1 aromatic carbocycles. The Balaban J connectivity index is 2.00. The van der Waals surface area contributed by atoms with Gasteiger partial charge in [-0.05, 0) is 43.5 Å². The molecule has 0 unspecified atom stereocenters. The average Bonchev–Trinajstić information content (AvgIpc) is 3.07. The fourth-order valence-corrected chi connectivity index (χ4v) is 2.96. The van der Waals surface area contributed by atoms with Crippen LogP contribution in [0.3, 0.4) is 0 Å². The van der Waals surface area contributed by atoms with Crippen molar-refractivity contribution in [1.29, 1.82) is 0 Å². The van der Waals surface area contributed by atoms with Crippen LogP contribution in [0.15, 0.2) is 30.3 Å². The minimum atomic E-state index is -0.106. The maximum absolute atomic E-state index is 12.3. The molecule has 1 saturated carbocycles. The average molecular weight is 300 g/mol. The fraction of sp³-hybridized carbons (Fsp3) is 0.444. The summed E-state index contributed by atoms with van der Waals surface area (Å²) in [6.07, 6.45) is 8.13. The van der Waals surface area contributed by atoms with Gasteiger partial charge in [0.1, 0.15) is 0 Å². The molecule has 2 amide bonds. The van der Waals surface area contributed by atoms with E-state index in [2.05, 4.69) is 5.32 Å². The first kappa shape index (κ1) is 16.3. The maximum atomic E-state index is 12.3. The standard InChI is InChI=1S/C18H24N2O2/c1-3-20(16-6-4-5-7-16)17(21)13-10-14-8-11-15(12-9-14)18(22)19-2/h8-13,16H,3-7H2,1-2H3,(H,19,22)/b13-10+. The molecule has 0 heterocycles. The predicted molar refractivity (Wildman–Crippen MR) is 88.5 cm³/mol. The Morgan fingerprint density at radius 3 is 2.41 bits per heavy atom. The first-order valence-corrected chi connectivity index (χ1v) is 7.96. The molecule has 1 fully saturated rings. The van der Waals surface area contributed by atoms with E-state index in [0.29, 0.717) is 11.6 Å². The summed E-state index contributed by atoms with van der Waals surface area (Å²) in [5, 5.41) is 2.59. The van der Waals surface area contributed by atoms with Gasteiger partial charge in [-0.3, -0.25) is 9.59 Å². The second-order valence-electron chi connectivity index (χ2n) is 5.60. The van der Waals surface area contributed by atoms with E-state index in [-0.39, 0.29) is 11.8 Å². The van der Waals surface area contributed by atoms with Gasteiger partial charge in [0.2, 0.25) is 5.91 Å². The molecule has 2 rings (SSSR count). The van der Waals surface area contributed by atoms with E-state index < -0.39 is 0 Å². The zero-order chi connectivity index (χ0) is 15.9. The van der Waals surface area contributed by atoms with Crippen molar-refractivity contribution in [2.24, 2.45) is 0 Å². The van der Waals surface area contributed by atoms with Crippen LogP contribution in [0.25, 0.3) is 6.08 Å². The Bertz CT molecular complexity index is 543. The smallest absolute Gasteiger partial charge is 0.251 e. The molecule has 1 N–H and O–H groups in total. The highest BCUT2D eigenvalue weighted by molar-refractivity contribution is 5.94. The second kappa shape index (κ2) is 7.78. The van der Waals surface area contributed by atoms with Gasteiger partial charge in [0.15, 0.2) is 0 Å². The Kier molecular flexibility index (Phi) is 5.75. The lowest BCUT2D eigenvalue weighted by molar-refractivity contribution is -0.127. The van der Waals surface area contributed by atoms with E-state index in [1.807, 2.05) is 30.0 Å². The Hall–Kier alpha value is -2.10. The number of carbonyl (C=O) groups excluding carboxylic acids is 2. The number of likely N-dealkylation sites (N-methyl/N-ethyl adjacent to an activating group) is 1. The minimum absolute atomic E-state index is 0.0739. The molecule has 0 spiro atoms. The Labute approximate surface area is 132 Å². The van der Waals surface area contributed by atoms with Crippen molar-refractivity contribution in [3.05, 3.63) is 41.5 Å². The van der Waals surface area contributed by atoms with Gasteiger partial charge >= 0.3 is 0 Å². The molecule has 118 valence electrons. The molecular formula is C18H24N2O2. The van der Waals surface area contributed by atoms with Crippen molar-refractivity contribution in [1.82, 2.24) is 10.2 Å². The van der Waals surface area contributed by atoms with Crippen LogP contribution in [-0.2, 0) is 4.79 Å². The molecule has 1 aromatic rings. The van der Waals surface area contributed by atoms with Crippen LogP contribution in [0.2, 0.25) is 0 Å². The summed E-state index contributed by atoms with van der Waals surface area (Å²) in [6.45, 7) is 2.78. The highest BCUT2D eigenvalue weighted by Gasteiger charge is 2.23. The normalized spacial score (nSPS) is 15.2. The van der Waals surface area contributed by atoms with Crippen LogP contribution in [0.5, 0.6) is 0 Å². The molecule has 4 nitrogen and oxygen atoms in total. The van der Waals surface area contributed by atoms with Crippen LogP contribution in [0.1, 0.15) is 48.5 Å². The Morgan fingerprint density at radius 2 is 1.86 bits per heavy atom. The molecule has 0 radical (unpaired) electrons. The highest BCUT2D eigenvalue weighted by atomic mass is 16.2. The molecule has 1 aliphatic rings. The van der Waals surface area contributed by atoms with E-state index in [9.17, 15) is 9.59 Å². The molecule has 22 heavy (non-hydrogen) atoms. The first-order chi connectivity index (χ1) is 10.7. The van der Waals surface area contributed by atoms with Gasteiger partial charge in [-0.15, -0.1) is 0 Å². The molecule has 0 atom stereocenters. The van der Waals surface area contributed by atoms with Gasteiger partial charge in [-0.25, -0.2) is 0 Å². The quantitative estimate of drug-likeness (QED) is 0.850. The summed E-state index contributed by atoms with van der Waals surface area (Å²) in [7, 11) is 1.61. The summed E-state index contributed by atoms with van der Waals surface area (Å²) >= 11 is 0. The monoisotopic (exact) mass is 300 g/mol. The zero-order valence-corrected chi connectivity index (χ0v) is 13.3. The van der Waals surface area contributed by atoms with E-state index >= 15 is 0 Å². The van der Waals surface area contributed by atoms with Gasteiger partial charge in [-0.1, -0.05) is 25.0 Å². The van der Waals surface area contributed by atoms with Gasteiger partial charge in [0.25, 0.3) is 5.91 Å². The third-order valence-corrected chi connectivity index (χ3v) is 4.21. The second-order valence-corrected chi connectivity index (χ2v) is 5.60. The summed E-state index contributed by atoms with van der Waals surface area (Å²) in [4.78, 5) is 25.8. The van der Waals surface area contributed by atoms with Crippen molar-refractivity contribution in [3.63, 3.8) is 0 Å². The summed E-state index contributed by atoms with van der Waals surface area (Å²) in [5.74, 6) is -0.0326. The zero-order valence-electron chi connectivity index (χ0n) is 13.3. The fourth-order valence-electron chi connectivity index (χ4n) is 2.96. The van der Waals surface area contributed by atoms with E-state index in [0.717, 1.165) is 24.9 Å². The van der Waals surface area contributed by atoms with Crippen LogP contribution >= 0.6 is 0 Å². The van der Waals surface area contributed by atoms with Gasteiger partial charge in [0, 0.05) is 31.3 Å². The van der Waals surface area contributed by atoms with Crippen molar-refractivity contribution < 1.29 is 9.59 Å². The molecule has 0 aromatic heterocycles. The first-order valence-electron chi connectivity index (χ1n) is 7.96. The molecule has 4 heteroatoms. The van der Waals surface area contributed by atoms with Crippen LogP contribution < -0.4 is 5.32 Å². The molecule has 0 saturated heterocycles. The van der Waals surface area contributed by atoms with Gasteiger partial charge < -0.3 is 10.2 Å². The lowest BCUT2D eigenvalue weighted by atomic mass is 10.1. The molecule has 1 aliphatic carbocycles. The van der Waals surface area contributed by atoms with Crippen LogP contribution in [0.4, 0.5) is 0 Å². The summed E-state index contributed by atoms with van der Waals surface area (Å²) < 4.78 is 0. The van der Waals surface area contributed by atoms with Crippen molar-refractivity contribution in [2.45, 2.75) is 38.6 Å². The predicted octanol–water partition coefficient (Wildman–Crippen LogP) is 2.85. The van der Waals surface area contributed by atoms with Crippen molar-refractivity contribution in [3.8, 4) is 0 Å². The van der Waals surface area contributed by atoms with Gasteiger partial charge in [0.05, 0.1) is 0 Å². The number of hydrogen-bond acceptors (Lipinski definition) is 2. The number of nitrogens with zero attached hydrogens (tertiary/aromatic N) is 1. The number of carbonyl (C=O) groups is 2. The molecule has 0 aliphatic heterocycles. The lowest BCUT2D eigenvalue weighted by Gasteiger charge is -2.26. The van der Waals surface area contributed by atoms with E-state index in [4.69, 9.17) is 0 Å². The molecule has 0 bridgehead atoms. The largest absolute Gasteiger partial charge is 0.355 e. The number of benzene rings is 1. The highest BCUT2D eigenvalue weighted by Crippen LogP contribution is 2.23. The van der Waals surface area contributed by atoms with E-state index in [1.165, 1.54) is 12.8 Å². The summed E-state index contributed by atoms with van der Waals surface area (Å²) in [6, 6.07) is 7.62. The van der Waals surface area contributed by atoms with Crippen LogP contribution in [0, 0.1) is 0 Å². The van der Waals surface area contributed by atoms with Crippen molar-refractivity contribution >= 4 is 17.9 Å². The maximum Gasteiger partial charge on any atom is 0.251 e. The minimum Gasteiger partial charge on any atom is -0.355 e. The van der Waals surface area contributed by atoms with Gasteiger partial charge in [-0.2, -0.15) is 0 Å². The van der Waals surface area contributed by atoms with Crippen LogP contribution in [-0.4, -0.2) is 36.3 Å². The number of amides is 2. The molecular weight excluding hydrogens is 276 g/mol. The summed E-state index contributed by atoms with van der Waals surface area (Å²) in [5.41, 5.74) is 1.54. The van der Waals surface area contributed by atoms with E-state index in [1.54, 1.807) is 25.3 Å². The topological polar surface area (TPSA) is 49.4 Å².